The molecule has 0 fully saturated rings. The second-order valence-electron chi connectivity index (χ2n) is 3.01. The van der Waals surface area contributed by atoms with Crippen LogP contribution in [0.25, 0.3) is 0 Å². The number of hydrogen-bond acceptors (Lipinski definition) is 2. The Kier molecular flexibility index (Phi) is 5.42. The van der Waals surface area contributed by atoms with E-state index < -0.39 is 0 Å². The molecule has 2 nitrogen and oxygen atoms in total. The standard InChI is InChI=1S/C11H9NO.C3H6/c1-2-5-10(6-3-1)13-11-7-4-8-12-9-11;1-3-2/h1-9H;3H,1H2,2H3. The molecule has 1 aromatic carbocycles. The van der Waals surface area contributed by atoms with E-state index in [1.54, 1.807) is 18.5 Å². The molecule has 0 radical (unpaired) electrons. The van der Waals surface area contributed by atoms with Gasteiger partial charge in [-0.25, -0.2) is 0 Å². The fourth-order valence-electron chi connectivity index (χ4n) is 1.03. The van der Waals surface area contributed by atoms with Gasteiger partial charge in [0.15, 0.2) is 0 Å². The van der Waals surface area contributed by atoms with Crippen molar-refractivity contribution in [2.75, 3.05) is 0 Å². The SMILES string of the molecule is C=CC.c1ccc(Oc2cccnc2)cc1. The number of ether oxygens (including phenoxy) is 1. The van der Waals surface area contributed by atoms with Crippen LogP contribution in [0.4, 0.5) is 0 Å². The molecule has 2 rings (SSSR count). The molecule has 2 aromatic rings. The Morgan fingerprint density at radius 3 is 2.25 bits per heavy atom. The molecule has 0 N–H and O–H groups in total. The molecule has 0 aliphatic rings. The summed E-state index contributed by atoms with van der Waals surface area (Å²) in [5.41, 5.74) is 0. The topological polar surface area (TPSA) is 22.1 Å². The Hall–Kier alpha value is -2.09. The first-order valence-electron chi connectivity index (χ1n) is 5.06. The van der Waals surface area contributed by atoms with Crippen molar-refractivity contribution in [2.24, 2.45) is 0 Å². The largest absolute Gasteiger partial charge is 0.456 e. The molecule has 2 heteroatoms. The van der Waals surface area contributed by atoms with E-state index in [2.05, 4.69) is 11.6 Å². The fraction of sp³-hybridized carbons (Fsp3) is 0.0714. The van der Waals surface area contributed by atoms with Gasteiger partial charge in [0.2, 0.25) is 0 Å². The molecule has 0 saturated heterocycles. The highest BCUT2D eigenvalue weighted by molar-refractivity contribution is 5.28. The normalized spacial score (nSPS) is 8.56. The molecule has 82 valence electrons. The highest BCUT2D eigenvalue weighted by Crippen LogP contribution is 2.18. The lowest BCUT2D eigenvalue weighted by atomic mass is 10.3. The third-order valence-corrected chi connectivity index (χ3v) is 1.61. The monoisotopic (exact) mass is 213 g/mol. The molecule has 0 atom stereocenters. The first kappa shape index (κ1) is 12.0. The highest BCUT2D eigenvalue weighted by atomic mass is 16.5. The lowest BCUT2D eigenvalue weighted by molar-refractivity contribution is 0.480. The second-order valence-corrected chi connectivity index (χ2v) is 3.01. The quantitative estimate of drug-likeness (QED) is 0.701. The third-order valence-electron chi connectivity index (χ3n) is 1.61. The maximum absolute atomic E-state index is 5.52. The van der Waals surface area contributed by atoms with Crippen LogP contribution in [-0.4, -0.2) is 4.98 Å². The van der Waals surface area contributed by atoms with Crippen LogP contribution in [0.5, 0.6) is 11.5 Å². The molecule has 0 aliphatic carbocycles. The first-order valence-corrected chi connectivity index (χ1v) is 5.06. The van der Waals surface area contributed by atoms with Crippen LogP contribution in [0.1, 0.15) is 6.92 Å². The van der Waals surface area contributed by atoms with Crippen molar-refractivity contribution < 1.29 is 4.74 Å². The van der Waals surface area contributed by atoms with Gasteiger partial charge in [-0.05, 0) is 31.2 Å². The van der Waals surface area contributed by atoms with Gasteiger partial charge in [0, 0.05) is 6.20 Å². The number of rotatable bonds is 2. The maximum atomic E-state index is 5.52. The lowest BCUT2D eigenvalue weighted by Crippen LogP contribution is -1.83. The summed E-state index contributed by atoms with van der Waals surface area (Å²) < 4.78 is 5.52. The van der Waals surface area contributed by atoms with Gasteiger partial charge in [0.1, 0.15) is 11.5 Å². The van der Waals surface area contributed by atoms with Gasteiger partial charge in [-0.2, -0.15) is 0 Å². The van der Waals surface area contributed by atoms with Crippen molar-refractivity contribution in [3.05, 3.63) is 67.5 Å². The zero-order valence-corrected chi connectivity index (χ0v) is 9.34. The van der Waals surface area contributed by atoms with Crippen LogP contribution in [0.3, 0.4) is 0 Å². The van der Waals surface area contributed by atoms with Gasteiger partial charge >= 0.3 is 0 Å². The highest BCUT2D eigenvalue weighted by Gasteiger charge is 1.93. The predicted molar refractivity (Wildman–Crippen MR) is 66.6 cm³/mol. The summed E-state index contributed by atoms with van der Waals surface area (Å²) in [6.45, 7) is 5.25. The Labute approximate surface area is 96.2 Å². The summed E-state index contributed by atoms with van der Waals surface area (Å²) >= 11 is 0. The minimum absolute atomic E-state index is 0.758. The summed E-state index contributed by atoms with van der Waals surface area (Å²) in [5.74, 6) is 1.59. The number of allylic oxidation sites excluding steroid dienone is 1. The second kappa shape index (κ2) is 7.23. The van der Waals surface area contributed by atoms with Gasteiger partial charge in [-0.15, -0.1) is 6.58 Å². The molecule has 0 unspecified atom stereocenters. The molecule has 16 heavy (non-hydrogen) atoms. The Morgan fingerprint density at radius 2 is 1.69 bits per heavy atom. The minimum atomic E-state index is 0.758. The molecule has 1 heterocycles. The number of aromatic nitrogens is 1. The summed E-state index contributed by atoms with van der Waals surface area (Å²) in [6.07, 6.45) is 5.16. The Balaban J connectivity index is 0.000000386. The predicted octanol–water partition coefficient (Wildman–Crippen LogP) is 4.07. The van der Waals surface area contributed by atoms with Crippen LogP contribution in [0.2, 0.25) is 0 Å². The molecule has 0 aliphatic heterocycles. The van der Waals surface area contributed by atoms with Crippen molar-refractivity contribution >= 4 is 0 Å². The van der Waals surface area contributed by atoms with E-state index in [1.165, 1.54) is 0 Å². The zero-order valence-electron chi connectivity index (χ0n) is 9.34. The summed E-state index contributed by atoms with van der Waals surface area (Å²) in [6, 6.07) is 13.4. The van der Waals surface area contributed by atoms with E-state index in [4.69, 9.17) is 4.74 Å². The molecule has 0 amide bonds. The van der Waals surface area contributed by atoms with Crippen LogP contribution in [0.15, 0.2) is 67.5 Å². The van der Waals surface area contributed by atoms with Crippen LogP contribution in [0, 0.1) is 0 Å². The number of hydrogen-bond donors (Lipinski definition) is 0. The number of benzene rings is 1. The zero-order chi connectivity index (χ0) is 11.6. The fourth-order valence-corrected chi connectivity index (χ4v) is 1.03. The van der Waals surface area contributed by atoms with Gasteiger partial charge in [0.25, 0.3) is 0 Å². The maximum Gasteiger partial charge on any atom is 0.145 e. The van der Waals surface area contributed by atoms with E-state index in [1.807, 2.05) is 49.4 Å². The lowest BCUT2D eigenvalue weighted by Gasteiger charge is -2.03. The van der Waals surface area contributed by atoms with Crippen molar-refractivity contribution in [3.8, 4) is 11.5 Å². The van der Waals surface area contributed by atoms with Gasteiger partial charge in [0.05, 0.1) is 6.20 Å². The third kappa shape index (κ3) is 4.42. The number of pyridine rings is 1. The van der Waals surface area contributed by atoms with Crippen molar-refractivity contribution in [1.29, 1.82) is 0 Å². The van der Waals surface area contributed by atoms with Crippen LogP contribution in [-0.2, 0) is 0 Å². The molecule has 1 aromatic heterocycles. The Bertz CT molecular complexity index is 360. The van der Waals surface area contributed by atoms with E-state index in [0.29, 0.717) is 0 Å². The van der Waals surface area contributed by atoms with Gasteiger partial charge in [-0.3, -0.25) is 4.98 Å². The average Bonchev–Trinajstić information content (AvgIpc) is 2.33. The summed E-state index contributed by atoms with van der Waals surface area (Å²) in [5, 5.41) is 0. The van der Waals surface area contributed by atoms with Gasteiger partial charge in [-0.1, -0.05) is 24.3 Å². The van der Waals surface area contributed by atoms with Crippen molar-refractivity contribution in [1.82, 2.24) is 4.98 Å². The molecular weight excluding hydrogens is 198 g/mol. The van der Waals surface area contributed by atoms with E-state index in [0.717, 1.165) is 11.5 Å². The van der Waals surface area contributed by atoms with Crippen molar-refractivity contribution in [2.45, 2.75) is 6.92 Å². The Morgan fingerprint density at radius 1 is 1.06 bits per heavy atom. The number of para-hydroxylation sites is 1. The van der Waals surface area contributed by atoms with Gasteiger partial charge < -0.3 is 4.74 Å². The smallest absolute Gasteiger partial charge is 0.145 e. The van der Waals surface area contributed by atoms with E-state index in [-0.39, 0.29) is 0 Å². The van der Waals surface area contributed by atoms with Crippen LogP contribution >= 0.6 is 0 Å². The molecule has 0 spiro atoms. The average molecular weight is 213 g/mol. The first-order chi connectivity index (χ1) is 7.86. The summed E-state index contributed by atoms with van der Waals surface area (Å²) in [7, 11) is 0. The summed E-state index contributed by atoms with van der Waals surface area (Å²) in [4.78, 5) is 3.96. The molecule has 0 saturated carbocycles. The van der Waals surface area contributed by atoms with Crippen molar-refractivity contribution in [3.63, 3.8) is 0 Å². The van der Waals surface area contributed by atoms with E-state index in [9.17, 15) is 0 Å². The molecule has 0 bridgehead atoms. The van der Waals surface area contributed by atoms with E-state index >= 15 is 0 Å². The minimum Gasteiger partial charge on any atom is -0.456 e. The van der Waals surface area contributed by atoms with Crippen LogP contribution < -0.4 is 4.74 Å². The molecular formula is C14H15NO. The number of nitrogens with zero attached hydrogens (tertiary/aromatic N) is 1.